The molecule has 1 rings (SSSR count). The molecule has 0 aromatic carbocycles. The molecule has 24 heavy (non-hydrogen) atoms. The number of nitrogens with two attached hydrogens (primary N) is 1. The number of amides is 1. The molecule has 0 aliphatic carbocycles. The van der Waals surface area contributed by atoms with E-state index in [1.807, 2.05) is 25.7 Å². The maximum Gasteiger partial charge on any atom is 0.410 e. The third kappa shape index (κ3) is 5.85. The number of nitrogens with zero attached hydrogens (tertiary/aromatic N) is 3. The zero-order valence-electron chi connectivity index (χ0n) is 15.8. The molecular weight excluding hydrogens is 308 g/mol. The number of carbonyl (C=O) groups is 1. The average molecular weight is 342 g/mol. The molecule has 1 aliphatic heterocycles. The highest BCUT2D eigenvalue weighted by molar-refractivity contribution is 5.78. The molecule has 0 spiro atoms. The van der Waals surface area contributed by atoms with Crippen LogP contribution < -0.4 is 5.73 Å². The molecule has 0 aromatic rings. The number of aliphatic hydroxyl groups is 1. The Labute approximate surface area is 145 Å². The van der Waals surface area contributed by atoms with E-state index in [0.29, 0.717) is 38.7 Å². The number of rotatable bonds is 5. The van der Waals surface area contributed by atoms with E-state index in [0.717, 1.165) is 12.8 Å². The van der Waals surface area contributed by atoms with Gasteiger partial charge in [0, 0.05) is 31.6 Å². The molecule has 0 unspecified atom stereocenters. The van der Waals surface area contributed by atoms with Crippen LogP contribution in [0, 0.1) is 5.41 Å². The Morgan fingerprint density at radius 2 is 1.62 bits per heavy atom. The Morgan fingerprint density at radius 1 is 1.12 bits per heavy atom. The van der Waals surface area contributed by atoms with Gasteiger partial charge in [0.25, 0.3) is 0 Å². The van der Waals surface area contributed by atoms with Crippen LogP contribution in [0.1, 0.15) is 47.5 Å². The predicted molar refractivity (Wildman–Crippen MR) is 96.0 cm³/mol. The minimum atomic E-state index is -0.483. The van der Waals surface area contributed by atoms with Gasteiger partial charge in [-0.15, -0.1) is 0 Å². The Balaban J connectivity index is 2.55. The summed E-state index contributed by atoms with van der Waals surface area (Å²) in [6.45, 7) is 12.8. The topological polar surface area (TPSA) is 91.4 Å². The van der Waals surface area contributed by atoms with Crippen molar-refractivity contribution < 1.29 is 14.6 Å². The van der Waals surface area contributed by atoms with Gasteiger partial charge in [0.1, 0.15) is 5.60 Å². The molecule has 0 bridgehead atoms. The number of ether oxygens (including phenoxy) is 1. The van der Waals surface area contributed by atoms with Crippen LogP contribution in [-0.4, -0.2) is 71.9 Å². The van der Waals surface area contributed by atoms with E-state index in [2.05, 4.69) is 18.8 Å². The predicted octanol–water partition coefficient (Wildman–Crippen LogP) is 1.65. The van der Waals surface area contributed by atoms with Crippen molar-refractivity contribution in [3.8, 4) is 0 Å². The van der Waals surface area contributed by atoms with E-state index in [9.17, 15) is 9.90 Å². The van der Waals surface area contributed by atoms with Crippen LogP contribution in [0.25, 0.3) is 0 Å². The van der Waals surface area contributed by atoms with E-state index >= 15 is 0 Å². The highest BCUT2D eigenvalue weighted by Gasteiger charge is 2.28. The molecule has 0 radical (unpaired) electrons. The second kappa shape index (κ2) is 8.55. The maximum absolute atomic E-state index is 12.1. The van der Waals surface area contributed by atoms with Gasteiger partial charge in [-0.1, -0.05) is 13.8 Å². The molecule has 0 aromatic heterocycles. The first kappa shape index (κ1) is 20.5. The van der Waals surface area contributed by atoms with E-state index in [-0.39, 0.29) is 18.1 Å². The number of hydrogen-bond acceptors (Lipinski definition) is 4. The zero-order chi connectivity index (χ0) is 18.4. The summed E-state index contributed by atoms with van der Waals surface area (Å²) in [4.78, 5) is 20.2. The fourth-order valence-electron chi connectivity index (χ4n) is 2.54. The van der Waals surface area contributed by atoms with E-state index in [1.165, 1.54) is 0 Å². The average Bonchev–Trinajstić information content (AvgIpc) is 2.55. The number of hydrogen-bond donors (Lipinski definition) is 2. The molecule has 1 heterocycles. The number of piperazine rings is 1. The molecule has 0 saturated carbocycles. The van der Waals surface area contributed by atoms with Crippen LogP contribution in [0.4, 0.5) is 4.79 Å². The van der Waals surface area contributed by atoms with Gasteiger partial charge >= 0.3 is 6.09 Å². The van der Waals surface area contributed by atoms with Crippen LogP contribution >= 0.6 is 0 Å². The van der Waals surface area contributed by atoms with Gasteiger partial charge in [0.15, 0.2) is 5.96 Å². The van der Waals surface area contributed by atoms with Crippen LogP contribution in [0.2, 0.25) is 0 Å². The monoisotopic (exact) mass is 342 g/mol. The van der Waals surface area contributed by atoms with E-state index in [1.54, 1.807) is 4.90 Å². The van der Waals surface area contributed by atoms with Crippen molar-refractivity contribution in [2.45, 2.75) is 53.1 Å². The Kier molecular flexibility index (Phi) is 7.32. The van der Waals surface area contributed by atoms with Gasteiger partial charge in [-0.3, -0.25) is 4.99 Å². The summed E-state index contributed by atoms with van der Waals surface area (Å²) in [5, 5.41) is 9.61. The van der Waals surface area contributed by atoms with Crippen LogP contribution in [0.3, 0.4) is 0 Å². The number of aliphatic imine (C=N–C) groups is 1. The van der Waals surface area contributed by atoms with Gasteiger partial charge in [-0.25, -0.2) is 4.79 Å². The fraction of sp³-hybridized carbons (Fsp3) is 0.882. The second-order valence-corrected chi connectivity index (χ2v) is 7.49. The first-order valence-corrected chi connectivity index (χ1v) is 8.80. The summed E-state index contributed by atoms with van der Waals surface area (Å²) >= 11 is 0. The lowest BCUT2D eigenvalue weighted by atomic mass is 9.83. The minimum absolute atomic E-state index is 0.114. The molecule has 1 fully saturated rings. The molecule has 1 saturated heterocycles. The smallest absolute Gasteiger partial charge is 0.410 e. The molecular formula is C17H34N4O3. The number of guanidine groups is 1. The molecule has 0 atom stereocenters. The van der Waals surface area contributed by atoms with E-state index < -0.39 is 5.60 Å². The number of aliphatic hydroxyl groups excluding tert-OH is 1. The molecule has 7 nitrogen and oxygen atoms in total. The van der Waals surface area contributed by atoms with Gasteiger partial charge in [0.05, 0.1) is 13.2 Å². The van der Waals surface area contributed by atoms with Gasteiger partial charge in [-0.2, -0.15) is 0 Å². The number of carbonyl (C=O) groups excluding carboxylic acids is 1. The SMILES string of the molecule is CCC(CC)(CO)CN=C(N)N1CCN(C(=O)OC(C)(C)C)CC1. The summed E-state index contributed by atoms with van der Waals surface area (Å²) in [7, 11) is 0. The Hall–Kier alpha value is -1.50. The minimum Gasteiger partial charge on any atom is -0.444 e. The van der Waals surface area contributed by atoms with Gasteiger partial charge < -0.3 is 25.4 Å². The first-order chi connectivity index (χ1) is 11.2. The lowest BCUT2D eigenvalue weighted by molar-refractivity contribution is 0.0186. The highest BCUT2D eigenvalue weighted by atomic mass is 16.6. The lowest BCUT2D eigenvalue weighted by Crippen LogP contribution is -2.53. The quantitative estimate of drug-likeness (QED) is 0.585. The lowest BCUT2D eigenvalue weighted by Gasteiger charge is -2.36. The van der Waals surface area contributed by atoms with Crippen LogP contribution in [0.15, 0.2) is 4.99 Å². The van der Waals surface area contributed by atoms with Crippen LogP contribution in [-0.2, 0) is 4.74 Å². The Bertz CT molecular complexity index is 425. The maximum atomic E-state index is 12.1. The van der Waals surface area contributed by atoms with E-state index in [4.69, 9.17) is 10.5 Å². The van der Waals surface area contributed by atoms with Crippen molar-refractivity contribution in [2.24, 2.45) is 16.1 Å². The third-order valence-corrected chi connectivity index (χ3v) is 4.67. The third-order valence-electron chi connectivity index (χ3n) is 4.67. The van der Waals surface area contributed by atoms with Crippen LogP contribution in [0.5, 0.6) is 0 Å². The Morgan fingerprint density at radius 3 is 2.04 bits per heavy atom. The van der Waals surface area contributed by atoms with Gasteiger partial charge in [0.2, 0.25) is 0 Å². The van der Waals surface area contributed by atoms with Crippen molar-refractivity contribution in [1.29, 1.82) is 0 Å². The fourth-order valence-corrected chi connectivity index (χ4v) is 2.54. The largest absolute Gasteiger partial charge is 0.444 e. The molecule has 1 amide bonds. The normalized spacial score (nSPS) is 17.2. The van der Waals surface area contributed by atoms with Gasteiger partial charge in [-0.05, 0) is 33.6 Å². The van der Waals surface area contributed by atoms with Crippen molar-refractivity contribution >= 4 is 12.1 Å². The molecule has 7 heteroatoms. The summed E-state index contributed by atoms with van der Waals surface area (Å²) < 4.78 is 5.39. The second-order valence-electron chi connectivity index (χ2n) is 7.49. The molecule has 1 aliphatic rings. The first-order valence-electron chi connectivity index (χ1n) is 8.80. The summed E-state index contributed by atoms with van der Waals surface area (Å²) in [6, 6.07) is 0. The van der Waals surface area contributed by atoms with Crippen molar-refractivity contribution in [1.82, 2.24) is 9.80 Å². The highest BCUT2D eigenvalue weighted by Crippen LogP contribution is 2.25. The summed E-state index contributed by atoms with van der Waals surface area (Å²) in [5.74, 6) is 0.485. The standard InChI is InChI=1S/C17H34N4O3/c1-6-17(7-2,13-22)12-19-14(18)20-8-10-21(11-9-20)15(23)24-16(3,4)5/h22H,6-13H2,1-5H3,(H2,18,19). The van der Waals surface area contributed by atoms with Crippen molar-refractivity contribution in [2.75, 3.05) is 39.3 Å². The zero-order valence-corrected chi connectivity index (χ0v) is 15.8. The van der Waals surface area contributed by atoms with Crippen molar-refractivity contribution in [3.05, 3.63) is 0 Å². The van der Waals surface area contributed by atoms with Crippen molar-refractivity contribution in [3.63, 3.8) is 0 Å². The summed E-state index contributed by atoms with van der Waals surface area (Å²) in [6.07, 6.45) is 1.45. The molecule has 3 N–H and O–H groups in total. The molecule has 140 valence electrons. The summed E-state index contributed by atoms with van der Waals surface area (Å²) in [5.41, 5.74) is 5.43.